The summed E-state index contributed by atoms with van der Waals surface area (Å²) in [4.78, 5) is 0. The molecule has 1 aromatic carbocycles. The molecule has 1 atom stereocenters. The summed E-state index contributed by atoms with van der Waals surface area (Å²) < 4.78 is 0. The molecule has 4 heteroatoms. The Kier molecular flexibility index (Phi) is 12.1. The Morgan fingerprint density at radius 1 is 1.00 bits per heavy atom. The molecule has 0 bridgehead atoms. The van der Waals surface area contributed by atoms with E-state index >= 15 is 0 Å². The first kappa shape index (κ1) is 21.1. The Labute approximate surface area is 135 Å². The van der Waals surface area contributed by atoms with E-state index in [1.165, 1.54) is 0 Å². The smallest absolute Gasteiger partial charge is 0.0912 e. The van der Waals surface area contributed by atoms with Crippen molar-refractivity contribution in [1.29, 1.82) is 0 Å². The van der Waals surface area contributed by atoms with Gasteiger partial charge in [0.05, 0.1) is 11.7 Å². The molecule has 0 amide bonds. The predicted molar refractivity (Wildman–Crippen MR) is 93.5 cm³/mol. The predicted octanol–water partition coefficient (Wildman–Crippen LogP) is 2.74. The number of hydrogen-bond acceptors (Lipinski definition) is 4. The summed E-state index contributed by atoms with van der Waals surface area (Å²) in [7, 11) is 0. The second kappa shape index (κ2) is 12.6. The van der Waals surface area contributed by atoms with Crippen LogP contribution in [0.3, 0.4) is 0 Å². The molecule has 0 aliphatic carbocycles. The molecule has 0 radical (unpaired) electrons. The molecule has 0 saturated carbocycles. The monoisotopic (exact) mass is 310 g/mol. The van der Waals surface area contributed by atoms with Gasteiger partial charge in [-0.1, -0.05) is 69.9 Å². The maximum Gasteiger partial charge on any atom is 0.0912 e. The van der Waals surface area contributed by atoms with Crippen LogP contribution in [0.15, 0.2) is 30.3 Å². The number of aliphatic hydroxyl groups is 2. The molecule has 1 rings (SSSR count). The minimum Gasteiger partial charge on any atom is -0.389 e. The molecule has 1 aromatic rings. The lowest BCUT2D eigenvalue weighted by molar-refractivity contribution is 0.0273. The van der Waals surface area contributed by atoms with E-state index < -0.39 is 11.7 Å². The number of nitrogens with two attached hydrogens (primary N) is 2. The molecule has 4 nitrogen and oxygen atoms in total. The quantitative estimate of drug-likeness (QED) is 0.564. The van der Waals surface area contributed by atoms with Gasteiger partial charge >= 0.3 is 0 Å². The third kappa shape index (κ3) is 9.15. The first-order valence-electron chi connectivity index (χ1n) is 8.38. The lowest BCUT2D eigenvalue weighted by Gasteiger charge is -2.26. The zero-order valence-corrected chi connectivity index (χ0v) is 14.2. The SMILES string of the molecule is CCCCC(O)(CN)CCCC.NCC(O)c1ccccc1. The van der Waals surface area contributed by atoms with Crippen LogP contribution in [0.5, 0.6) is 0 Å². The molecule has 0 aromatic heterocycles. The van der Waals surface area contributed by atoms with Gasteiger partial charge in [0, 0.05) is 13.1 Å². The third-order valence-corrected chi connectivity index (χ3v) is 3.78. The van der Waals surface area contributed by atoms with Crippen LogP contribution in [0, 0.1) is 0 Å². The van der Waals surface area contributed by atoms with Crippen LogP contribution < -0.4 is 11.5 Å². The van der Waals surface area contributed by atoms with E-state index in [1.807, 2.05) is 30.3 Å². The topological polar surface area (TPSA) is 92.5 Å². The fourth-order valence-electron chi connectivity index (χ4n) is 2.15. The molecular weight excluding hydrogens is 276 g/mol. The van der Waals surface area contributed by atoms with Crippen molar-refractivity contribution in [2.24, 2.45) is 11.5 Å². The summed E-state index contributed by atoms with van der Waals surface area (Å²) in [6.07, 6.45) is 5.64. The molecule has 0 heterocycles. The molecule has 0 aliphatic heterocycles. The molecule has 0 spiro atoms. The molecule has 1 unspecified atom stereocenters. The van der Waals surface area contributed by atoms with Crippen molar-refractivity contribution < 1.29 is 10.2 Å². The van der Waals surface area contributed by atoms with Crippen molar-refractivity contribution >= 4 is 0 Å². The fourth-order valence-corrected chi connectivity index (χ4v) is 2.15. The largest absolute Gasteiger partial charge is 0.389 e. The van der Waals surface area contributed by atoms with E-state index in [4.69, 9.17) is 11.5 Å². The third-order valence-electron chi connectivity index (χ3n) is 3.78. The summed E-state index contributed by atoms with van der Waals surface area (Å²) in [6.45, 7) is 4.96. The van der Waals surface area contributed by atoms with Crippen LogP contribution in [0.4, 0.5) is 0 Å². The molecule has 0 aliphatic rings. The van der Waals surface area contributed by atoms with Gasteiger partial charge in [-0.2, -0.15) is 0 Å². The minimum absolute atomic E-state index is 0.282. The Hall–Kier alpha value is -0.940. The first-order chi connectivity index (χ1) is 10.5. The van der Waals surface area contributed by atoms with Gasteiger partial charge in [0.2, 0.25) is 0 Å². The van der Waals surface area contributed by atoms with Crippen LogP contribution in [0.1, 0.15) is 64.0 Å². The van der Waals surface area contributed by atoms with Gasteiger partial charge in [-0.3, -0.25) is 0 Å². The summed E-state index contributed by atoms with van der Waals surface area (Å²) in [6, 6.07) is 9.39. The zero-order chi connectivity index (χ0) is 16.8. The van der Waals surface area contributed by atoms with Crippen LogP contribution in [-0.4, -0.2) is 28.9 Å². The van der Waals surface area contributed by atoms with Crippen molar-refractivity contribution in [3.8, 4) is 0 Å². The highest BCUT2D eigenvalue weighted by atomic mass is 16.3. The Bertz CT molecular complexity index is 349. The lowest BCUT2D eigenvalue weighted by Crippen LogP contribution is -2.37. The highest BCUT2D eigenvalue weighted by Crippen LogP contribution is 2.19. The van der Waals surface area contributed by atoms with Crippen LogP contribution in [0.25, 0.3) is 0 Å². The number of rotatable bonds is 9. The maximum atomic E-state index is 9.96. The van der Waals surface area contributed by atoms with E-state index in [9.17, 15) is 10.2 Å². The van der Waals surface area contributed by atoms with E-state index in [0.717, 1.165) is 44.1 Å². The minimum atomic E-state index is -0.577. The van der Waals surface area contributed by atoms with Gasteiger partial charge < -0.3 is 21.7 Å². The van der Waals surface area contributed by atoms with E-state index in [0.29, 0.717) is 6.54 Å². The van der Waals surface area contributed by atoms with E-state index in [-0.39, 0.29) is 6.54 Å². The standard InChI is InChI=1S/C10H23NO.C8H11NO/c1-3-5-7-10(12,9-11)8-6-4-2;9-6-8(10)7-4-2-1-3-5-7/h12H,3-9,11H2,1-2H3;1-5,8,10H,6,9H2. The zero-order valence-electron chi connectivity index (χ0n) is 14.2. The number of hydrogen-bond donors (Lipinski definition) is 4. The van der Waals surface area contributed by atoms with Crippen LogP contribution in [-0.2, 0) is 0 Å². The van der Waals surface area contributed by atoms with Gasteiger partial charge in [0.15, 0.2) is 0 Å². The van der Waals surface area contributed by atoms with Crippen LogP contribution in [0.2, 0.25) is 0 Å². The van der Waals surface area contributed by atoms with Gasteiger partial charge in [-0.15, -0.1) is 0 Å². The number of unbranched alkanes of at least 4 members (excludes halogenated alkanes) is 2. The van der Waals surface area contributed by atoms with Gasteiger partial charge in [0.1, 0.15) is 0 Å². The van der Waals surface area contributed by atoms with Crippen molar-refractivity contribution in [1.82, 2.24) is 0 Å². The number of aliphatic hydroxyl groups excluding tert-OH is 1. The average Bonchev–Trinajstić information content (AvgIpc) is 2.58. The highest BCUT2D eigenvalue weighted by Gasteiger charge is 2.22. The molecule has 6 N–H and O–H groups in total. The first-order valence-corrected chi connectivity index (χ1v) is 8.38. The lowest BCUT2D eigenvalue weighted by atomic mass is 9.91. The van der Waals surface area contributed by atoms with Gasteiger partial charge in [0.25, 0.3) is 0 Å². The maximum absolute atomic E-state index is 9.96. The van der Waals surface area contributed by atoms with Crippen molar-refractivity contribution in [3.05, 3.63) is 35.9 Å². The van der Waals surface area contributed by atoms with Crippen LogP contribution >= 0.6 is 0 Å². The van der Waals surface area contributed by atoms with Crippen molar-refractivity contribution in [2.75, 3.05) is 13.1 Å². The molecule has 0 fully saturated rings. The fraction of sp³-hybridized carbons (Fsp3) is 0.667. The number of benzene rings is 1. The summed E-state index contributed by atoms with van der Waals surface area (Å²) in [5.74, 6) is 0. The second-order valence-corrected chi connectivity index (χ2v) is 5.80. The summed E-state index contributed by atoms with van der Waals surface area (Å²) in [5.41, 5.74) is 11.1. The van der Waals surface area contributed by atoms with Gasteiger partial charge in [-0.25, -0.2) is 0 Å². The van der Waals surface area contributed by atoms with Gasteiger partial charge in [-0.05, 0) is 18.4 Å². The van der Waals surface area contributed by atoms with Crippen molar-refractivity contribution in [2.45, 2.75) is 64.1 Å². The Balaban J connectivity index is 0.000000406. The summed E-state index contributed by atoms with van der Waals surface area (Å²) in [5, 5.41) is 19.2. The normalized spacial score (nSPS) is 12.5. The summed E-state index contributed by atoms with van der Waals surface area (Å²) >= 11 is 0. The highest BCUT2D eigenvalue weighted by molar-refractivity contribution is 5.17. The Morgan fingerprint density at radius 3 is 1.86 bits per heavy atom. The molecule has 0 saturated heterocycles. The molecular formula is C18H34N2O2. The second-order valence-electron chi connectivity index (χ2n) is 5.80. The molecule has 22 heavy (non-hydrogen) atoms. The van der Waals surface area contributed by atoms with E-state index in [2.05, 4.69) is 13.8 Å². The van der Waals surface area contributed by atoms with E-state index in [1.54, 1.807) is 0 Å². The molecule has 128 valence electrons. The van der Waals surface area contributed by atoms with Crippen molar-refractivity contribution in [3.63, 3.8) is 0 Å². The Morgan fingerprint density at radius 2 is 1.50 bits per heavy atom. The average molecular weight is 310 g/mol.